The average Bonchev–Trinajstić information content (AvgIpc) is 2.79. The van der Waals surface area contributed by atoms with Gasteiger partial charge in [-0.2, -0.15) is 0 Å². The molecule has 31 heavy (non-hydrogen) atoms. The summed E-state index contributed by atoms with van der Waals surface area (Å²) in [5.74, 6) is 0. The molecule has 0 amide bonds. The first kappa shape index (κ1) is 26.8. The largest absolute Gasteiger partial charge is 0.382 e. The van der Waals surface area contributed by atoms with Crippen LogP contribution in [0, 0.1) is 0 Å². The quantitative estimate of drug-likeness (QED) is 0.393. The van der Waals surface area contributed by atoms with Crippen LogP contribution in [-0.4, -0.2) is 132 Å². The molecule has 0 aromatic rings. The minimum atomic E-state index is -0.816. The lowest BCUT2D eigenvalue weighted by molar-refractivity contribution is -0.365. The molecule has 0 radical (unpaired) electrons. The van der Waals surface area contributed by atoms with Crippen molar-refractivity contribution in [2.24, 2.45) is 0 Å². The average molecular weight is 455 g/mol. The molecule has 11 nitrogen and oxygen atoms in total. The van der Waals surface area contributed by atoms with Crippen molar-refractivity contribution in [3.8, 4) is 0 Å². The Morgan fingerprint density at radius 2 is 0.871 bits per heavy atom. The zero-order chi connectivity index (χ0) is 23.0. The number of methoxy groups -OCH3 is 8. The number of hydrogen-bond acceptors (Lipinski definition) is 11. The van der Waals surface area contributed by atoms with Gasteiger partial charge in [0.05, 0.1) is 13.2 Å². The van der Waals surface area contributed by atoms with Crippen molar-refractivity contribution in [2.45, 2.75) is 61.4 Å². The fourth-order valence-corrected chi connectivity index (χ4v) is 4.29. The molecule has 0 bridgehead atoms. The van der Waals surface area contributed by atoms with Gasteiger partial charge in [-0.1, -0.05) is 0 Å². The molecule has 10 atom stereocenters. The molecule has 0 spiro atoms. The Balaban J connectivity index is 2.32. The van der Waals surface area contributed by atoms with Crippen LogP contribution in [-0.2, 0) is 52.1 Å². The lowest BCUT2D eigenvalue weighted by atomic mass is 9.96. The summed E-state index contributed by atoms with van der Waals surface area (Å²) >= 11 is 0. The zero-order valence-corrected chi connectivity index (χ0v) is 19.7. The first-order chi connectivity index (χ1) is 15.0. The molecule has 2 rings (SSSR count). The van der Waals surface area contributed by atoms with Crippen molar-refractivity contribution in [1.82, 2.24) is 0 Å². The van der Waals surface area contributed by atoms with Gasteiger partial charge in [0.25, 0.3) is 0 Å². The molecule has 0 saturated carbocycles. The van der Waals surface area contributed by atoms with Crippen molar-refractivity contribution in [1.29, 1.82) is 0 Å². The standard InChI is InChI=1S/C20H38O11/c1-21-9-11-13(23-3)15(24-4)18(27-7)20(30-11)31-14-12(10-22-2)29-19(28-8)17(26-6)16(14)25-5/h11-20H,9-10H2,1-8H3/t11-,12-,13+,14+,15+,16-,17-,18-,19-,20+/m1/s1. The summed E-state index contributed by atoms with van der Waals surface area (Å²) in [6.45, 7) is 0.540. The molecule has 0 unspecified atom stereocenters. The van der Waals surface area contributed by atoms with Crippen molar-refractivity contribution in [3.63, 3.8) is 0 Å². The molecular formula is C20H38O11. The number of ether oxygens (including phenoxy) is 11. The smallest absolute Gasteiger partial charge is 0.187 e. The maximum atomic E-state index is 6.43. The van der Waals surface area contributed by atoms with Crippen molar-refractivity contribution in [3.05, 3.63) is 0 Å². The first-order valence-electron chi connectivity index (χ1n) is 10.2. The maximum Gasteiger partial charge on any atom is 0.187 e. The molecule has 11 heteroatoms. The molecule has 0 aromatic carbocycles. The van der Waals surface area contributed by atoms with Gasteiger partial charge in [-0.25, -0.2) is 0 Å². The monoisotopic (exact) mass is 454 g/mol. The SMILES string of the molecule is COC[C@H]1O[C@@H](OC)[C@H](OC)[C@H](OC)[C@H]1O[C@@H]1O[C@H](COC)[C@H](OC)[C@H](OC)[C@H]1OC. The van der Waals surface area contributed by atoms with Crippen LogP contribution >= 0.6 is 0 Å². The van der Waals surface area contributed by atoms with Gasteiger partial charge >= 0.3 is 0 Å². The van der Waals surface area contributed by atoms with Gasteiger partial charge in [0, 0.05) is 56.9 Å². The van der Waals surface area contributed by atoms with E-state index in [2.05, 4.69) is 0 Å². The second-order valence-corrected chi connectivity index (χ2v) is 7.33. The maximum absolute atomic E-state index is 6.43. The number of rotatable bonds is 12. The summed E-state index contributed by atoms with van der Waals surface area (Å²) in [6, 6.07) is 0. The van der Waals surface area contributed by atoms with E-state index >= 15 is 0 Å². The van der Waals surface area contributed by atoms with E-state index in [1.54, 1.807) is 56.9 Å². The third-order valence-electron chi connectivity index (χ3n) is 5.73. The van der Waals surface area contributed by atoms with E-state index in [0.717, 1.165) is 0 Å². The summed E-state index contributed by atoms with van der Waals surface area (Å²) < 4.78 is 63.2. The minimum Gasteiger partial charge on any atom is -0.382 e. The summed E-state index contributed by atoms with van der Waals surface area (Å²) in [5.41, 5.74) is 0. The van der Waals surface area contributed by atoms with E-state index < -0.39 is 61.4 Å². The van der Waals surface area contributed by atoms with Gasteiger partial charge in [-0.05, 0) is 0 Å². The summed E-state index contributed by atoms with van der Waals surface area (Å²) in [5, 5.41) is 0. The fourth-order valence-electron chi connectivity index (χ4n) is 4.29. The Hall–Kier alpha value is -0.440. The van der Waals surface area contributed by atoms with E-state index in [4.69, 9.17) is 52.1 Å². The lowest BCUT2D eigenvalue weighted by Crippen LogP contribution is -2.66. The Kier molecular flexibility index (Phi) is 11.5. The van der Waals surface area contributed by atoms with E-state index in [1.165, 1.54) is 0 Å². The summed E-state index contributed by atoms with van der Waals surface area (Å²) in [6.07, 6.45) is -5.50. The zero-order valence-electron chi connectivity index (χ0n) is 19.7. The normalized spacial score (nSPS) is 41.4. The molecule has 0 aliphatic carbocycles. The Bertz CT molecular complexity index is 496. The second kappa shape index (κ2) is 13.3. The van der Waals surface area contributed by atoms with Gasteiger partial charge in [-0.3, -0.25) is 0 Å². The van der Waals surface area contributed by atoms with Crippen LogP contribution in [0.2, 0.25) is 0 Å². The molecule has 2 aliphatic rings. The molecule has 2 saturated heterocycles. The lowest BCUT2D eigenvalue weighted by Gasteiger charge is -2.49. The summed E-state index contributed by atoms with van der Waals surface area (Å²) in [7, 11) is 12.6. The van der Waals surface area contributed by atoms with Crippen LogP contribution < -0.4 is 0 Å². The van der Waals surface area contributed by atoms with Crippen LogP contribution in [0.5, 0.6) is 0 Å². The Morgan fingerprint density at radius 3 is 1.32 bits per heavy atom. The fraction of sp³-hybridized carbons (Fsp3) is 1.00. The van der Waals surface area contributed by atoms with Crippen molar-refractivity contribution < 1.29 is 52.1 Å². The minimum absolute atomic E-state index is 0.251. The highest BCUT2D eigenvalue weighted by atomic mass is 16.8. The van der Waals surface area contributed by atoms with Gasteiger partial charge < -0.3 is 52.1 Å². The molecule has 2 heterocycles. The number of hydrogen-bond donors (Lipinski definition) is 0. The predicted octanol–water partition coefficient (Wildman–Crippen LogP) is -0.164. The molecule has 184 valence electrons. The third kappa shape index (κ3) is 5.92. The molecule has 2 aliphatic heterocycles. The van der Waals surface area contributed by atoms with Crippen molar-refractivity contribution >= 4 is 0 Å². The van der Waals surface area contributed by atoms with Crippen LogP contribution in [0.1, 0.15) is 0 Å². The highest BCUT2D eigenvalue weighted by Gasteiger charge is 2.53. The van der Waals surface area contributed by atoms with E-state index in [-0.39, 0.29) is 13.2 Å². The van der Waals surface area contributed by atoms with Crippen LogP contribution in [0.15, 0.2) is 0 Å². The summed E-state index contributed by atoms with van der Waals surface area (Å²) in [4.78, 5) is 0. The van der Waals surface area contributed by atoms with Gasteiger partial charge in [0.15, 0.2) is 12.6 Å². The van der Waals surface area contributed by atoms with Gasteiger partial charge in [0.1, 0.15) is 48.8 Å². The van der Waals surface area contributed by atoms with Crippen LogP contribution in [0.25, 0.3) is 0 Å². The van der Waals surface area contributed by atoms with E-state index in [0.29, 0.717) is 0 Å². The Labute approximate surface area is 184 Å². The highest BCUT2D eigenvalue weighted by Crippen LogP contribution is 2.33. The van der Waals surface area contributed by atoms with Gasteiger partial charge in [-0.15, -0.1) is 0 Å². The molecular weight excluding hydrogens is 416 g/mol. The molecule has 0 N–H and O–H groups in total. The Morgan fingerprint density at radius 1 is 0.452 bits per heavy atom. The molecule has 0 aromatic heterocycles. The van der Waals surface area contributed by atoms with Crippen molar-refractivity contribution in [2.75, 3.05) is 70.1 Å². The predicted molar refractivity (Wildman–Crippen MR) is 107 cm³/mol. The van der Waals surface area contributed by atoms with E-state index in [9.17, 15) is 0 Å². The van der Waals surface area contributed by atoms with Gasteiger partial charge in [0.2, 0.25) is 0 Å². The first-order valence-corrected chi connectivity index (χ1v) is 10.2. The second-order valence-electron chi connectivity index (χ2n) is 7.33. The van der Waals surface area contributed by atoms with Crippen LogP contribution in [0.3, 0.4) is 0 Å². The third-order valence-corrected chi connectivity index (χ3v) is 5.73. The topological polar surface area (TPSA) is 102 Å². The highest BCUT2D eigenvalue weighted by molar-refractivity contribution is 4.96. The van der Waals surface area contributed by atoms with Crippen LogP contribution in [0.4, 0.5) is 0 Å². The van der Waals surface area contributed by atoms with E-state index in [1.807, 2.05) is 0 Å². The molecule has 2 fully saturated rings.